The van der Waals surface area contributed by atoms with Crippen LogP contribution < -0.4 is 14.2 Å². The predicted octanol–water partition coefficient (Wildman–Crippen LogP) is 3.82. The Labute approximate surface area is 162 Å². The Hall–Kier alpha value is -3.13. The Morgan fingerprint density at radius 2 is 1.74 bits per heavy atom. The number of aryl methyl sites for hydroxylation is 1. The lowest BCUT2D eigenvalue weighted by Crippen LogP contribution is -1.99. The first-order valence-corrected chi connectivity index (χ1v) is 8.57. The Balaban J connectivity index is 2.04. The zero-order chi connectivity index (χ0) is 19.4. The highest BCUT2D eigenvalue weighted by atomic mass is 32.1. The number of rotatable bonds is 6. The van der Waals surface area contributed by atoms with Gasteiger partial charge in [0, 0.05) is 11.1 Å². The first kappa shape index (κ1) is 18.7. The molecule has 2 aromatic carbocycles. The van der Waals surface area contributed by atoms with Gasteiger partial charge in [0.2, 0.25) is 10.5 Å². The number of aromatic nitrogens is 3. The molecule has 7 nitrogen and oxygen atoms in total. The summed E-state index contributed by atoms with van der Waals surface area (Å²) in [5.41, 5.74) is 2.80. The quantitative estimate of drug-likeness (QED) is 0.517. The number of hydrogen-bond donors (Lipinski definition) is 1. The van der Waals surface area contributed by atoms with E-state index < -0.39 is 0 Å². The molecule has 27 heavy (non-hydrogen) atoms. The minimum atomic E-state index is 0.400. The first-order valence-electron chi connectivity index (χ1n) is 8.16. The number of aromatic amines is 1. The van der Waals surface area contributed by atoms with Crippen molar-refractivity contribution < 1.29 is 14.2 Å². The number of nitrogens with one attached hydrogen (secondary N) is 1. The summed E-state index contributed by atoms with van der Waals surface area (Å²) < 4.78 is 18.1. The van der Waals surface area contributed by atoms with Gasteiger partial charge in [0.1, 0.15) is 0 Å². The van der Waals surface area contributed by atoms with Gasteiger partial charge >= 0.3 is 0 Å². The van der Waals surface area contributed by atoms with Crippen molar-refractivity contribution in [3.05, 3.63) is 52.3 Å². The molecule has 1 heterocycles. The van der Waals surface area contributed by atoms with Crippen molar-refractivity contribution in [3.8, 4) is 28.6 Å². The van der Waals surface area contributed by atoms with E-state index in [1.54, 1.807) is 32.2 Å². The van der Waals surface area contributed by atoms with E-state index in [9.17, 15) is 0 Å². The Bertz CT molecular complexity index is 1010. The number of hydrogen-bond acceptors (Lipinski definition) is 6. The second-order valence-corrected chi connectivity index (χ2v) is 6.07. The van der Waals surface area contributed by atoms with Crippen LogP contribution in [0.3, 0.4) is 0 Å². The summed E-state index contributed by atoms with van der Waals surface area (Å²) in [4.78, 5) is 0. The third-order valence-electron chi connectivity index (χ3n) is 4.05. The van der Waals surface area contributed by atoms with Crippen molar-refractivity contribution in [3.63, 3.8) is 0 Å². The monoisotopic (exact) mass is 384 g/mol. The van der Waals surface area contributed by atoms with Crippen molar-refractivity contribution in [1.29, 1.82) is 0 Å². The Kier molecular flexibility index (Phi) is 5.56. The van der Waals surface area contributed by atoms with E-state index in [0.29, 0.717) is 27.8 Å². The molecule has 0 unspecified atom stereocenters. The number of methoxy groups -OCH3 is 3. The molecule has 1 N–H and O–H groups in total. The van der Waals surface area contributed by atoms with Gasteiger partial charge in [-0.25, -0.2) is 5.10 Å². The number of ether oxygens (including phenoxy) is 3. The summed E-state index contributed by atoms with van der Waals surface area (Å²) in [5, 5.41) is 11.6. The van der Waals surface area contributed by atoms with E-state index in [1.807, 2.05) is 43.3 Å². The molecule has 0 saturated carbocycles. The standard InChI is InChI=1S/C19H20N4O3S/c1-12-7-5-6-8-14(12)18-21-22-19(27)23(18)20-11-13-9-15(24-2)17(26-4)16(10-13)25-3/h5-11H,1-4H3,(H,22,27). The van der Waals surface area contributed by atoms with E-state index in [0.717, 1.165) is 16.7 Å². The summed E-state index contributed by atoms with van der Waals surface area (Å²) in [6, 6.07) is 11.5. The summed E-state index contributed by atoms with van der Waals surface area (Å²) in [7, 11) is 4.70. The summed E-state index contributed by atoms with van der Waals surface area (Å²) in [6.45, 7) is 2.01. The molecule has 0 amide bonds. The highest BCUT2D eigenvalue weighted by Gasteiger charge is 2.13. The number of nitrogens with zero attached hydrogens (tertiary/aromatic N) is 3. The minimum absolute atomic E-state index is 0.400. The van der Waals surface area contributed by atoms with Crippen LogP contribution >= 0.6 is 12.2 Å². The molecule has 0 bridgehead atoms. The van der Waals surface area contributed by atoms with Crippen LogP contribution in [-0.2, 0) is 0 Å². The van der Waals surface area contributed by atoms with Crippen molar-refractivity contribution in [2.75, 3.05) is 21.3 Å². The van der Waals surface area contributed by atoms with Crippen LogP contribution in [0.2, 0.25) is 0 Å². The molecule has 1 aromatic heterocycles. The minimum Gasteiger partial charge on any atom is -0.493 e. The van der Waals surface area contributed by atoms with Gasteiger partial charge in [-0.15, -0.1) is 0 Å². The van der Waals surface area contributed by atoms with E-state index in [4.69, 9.17) is 26.4 Å². The molecule has 0 aliphatic rings. The second-order valence-electron chi connectivity index (χ2n) is 5.68. The third kappa shape index (κ3) is 3.70. The number of H-pyrrole nitrogens is 1. The molecule has 0 spiro atoms. The van der Waals surface area contributed by atoms with Crippen molar-refractivity contribution in [1.82, 2.24) is 14.9 Å². The lowest BCUT2D eigenvalue weighted by molar-refractivity contribution is 0.324. The van der Waals surface area contributed by atoms with E-state index in [1.165, 1.54) is 0 Å². The molecule has 140 valence electrons. The van der Waals surface area contributed by atoms with Gasteiger partial charge in [0.15, 0.2) is 17.3 Å². The Morgan fingerprint density at radius 1 is 1.07 bits per heavy atom. The predicted molar refractivity (Wildman–Crippen MR) is 107 cm³/mol. The van der Waals surface area contributed by atoms with Crippen molar-refractivity contribution in [2.45, 2.75) is 6.92 Å². The average Bonchev–Trinajstić information content (AvgIpc) is 3.06. The van der Waals surface area contributed by atoms with Gasteiger partial charge in [-0.2, -0.15) is 14.9 Å². The van der Waals surface area contributed by atoms with Crippen LogP contribution in [0.4, 0.5) is 0 Å². The van der Waals surface area contributed by atoms with Gasteiger partial charge < -0.3 is 14.2 Å². The van der Waals surface area contributed by atoms with Crippen molar-refractivity contribution >= 4 is 18.4 Å². The van der Waals surface area contributed by atoms with E-state index in [2.05, 4.69) is 15.3 Å². The highest BCUT2D eigenvalue weighted by molar-refractivity contribution is 7.71. The maximum Gasteiger partial charge on any atom is 0.216 e. The molecular weight excluding hydrogens is 364 g/mol. The largest absolute Gasteiger partial charge is 0.493 e. The second kappa shape index (κ2) is 8.05. The molecule has 0 radical (unpaired) electrons. The molecule has 0 atom stereocenters. The molecule has 3 aromatic rings. The fourth-order valence-corrected chi connectivity index (χ4v) is 2.88. The Morgan fingerprint density at radius 3 is 2.33 bits per heavy atom. The van der Waals surface area contributed by atoms with E-state index in [-0.39, 0.29) is 0 Å². The topological polar surface area (TPSA) is 73.7 Å². The fraction of sp³-hybridized carbons (Fsp3) is 0.211. The molecule has 0 aliphatic heterocycles. The maximum absolute atomic E-state index is 5.38. The van der Waals surface area contributed by atoms with Crippen LogP contribution in [0.15, 0.2) is 41.5 Å². The van der Waals surface area contributed by atoms with Crippen LogP contribution in [-0.4, -0.2) is 42.4 Å². The van der Waals surface area contributed by atoms with Gasteiger partial charge in [-0.3, -0.25) is 0 Å². The average molecular weight is 384 g/mol. The van der Waals surface area contributed by atoms with Gasteiger partial charge in [-0.05, 0) is 36.8 Å². The zero-order valence-electron chi connectivity index (χ0n) is 15.5. The molecular formula is C19H20N4O3S. The molecule has 0 fully saturated rings. The van der Waals surface area contributed by atoms with Crippen LogP contribution in [0.25, 0.3) is 11.4 Å². The lowest BCUT2D eigenvalue weighted by Gasteiger charge is -2.12. The van der Waals surface area contributed by atoms with E-state index >= 15 is 0 Å². The maximum atomic E-state index is 5.38. The van der Waals surface area contributed by atoms with Gasteiger partial charge in [0.25, 0.3) is 0 Å². The summed E-state index contributed by atoms with van der Waals surface area (Å²) >= 11 is 5.33. The van der Waals surface area contributed by atoms with Crippen LogP contribution in [0, 0.1) is 11.7 Å². The molecule has 0 aliphatic carbocycles. The highest BCUT2D eigenvalue weighted by Crippen LogP contribution is 2.37. The van der Waals surface area contributed by atoms with Crippen LogP contribution in [0.5, 0.6) is 17.2 Å². The summed E-state index contributed by atoms with van der Waals surface area (Å²) in [5.74, 6) is 2.26. The molecule has 8 heteroatoms. The van der Waals surface area contributed by atoms with Crippen molar-refractivity contribution in [2.24, 2.45) is 5.10 Å². The lowest BCUT2D eigenvalue weighted by atomic mass is 10.1. The zero-order valence-corrected chi connectivity index (χ0v) is 16.3. The number of benzene rings is 2. The van der Waals surface area contributed by atoms with Gasteiger partial charge in [0.05, 0.1) is 27.5 Å². The first-order chi connectivity index (χ1) is 13.1. The fourth-order valence-electron chi connectivity index (χ4n) is 2.70. The normalized spacial score (nSPS) is 11.0. The molecule has 3 rings (SSSR count). The third-order valence-corrected chi connectivity index (χ3v) is 4.31. The van der Waals surface area contributed by atoms with Crippen LogP contribution in [0.1, 0.15) is 11.1 Å². The smallest absolute Gasteiger partial charge is 0.216 e. The SMILES string of the molecule is COc1cc(C=Nn2c(-c3ccccc3C)n[nH]c2=S)cc(OC)c1OC. The summed E-state index contributed by atoms with van der Waals surface area (Å²) in [6.07, 6.45) is 1.66. The van der Waals surface area contributed by atoms with Gasteiger partial charge in [-0.1, -0.05) is 24.3 Å². The molecule has 0 saturated heterocycles.